The maximum absolute atomic E-state index is 12.2. The van der Waals surface area contributed by atoms with Crippen molar-refractivity contribution in [3.8, 4) is 0 Å². The lowest BCUT2D eigenvalue weighted by atomic mass is 10.3. The number of nitrogens with one attached hydrogen (secondary N) is 2. The Balaban J connectivity index is 1.63. The Morgan fingerprint density at radius 1 is 1.26 bits per heavy atom. The molecule has 1 aliphatic heterocycles. The third-order valence-electron chi connectivity index (χ3n) is 4.35. The van der Waals surface area contributed by atoms with Gasteiger partial charge in [0, 0.05) is 37.7 Å². The summed E-state index contributed by atoms with van der Waals surface area (Å²) in [4.78, 5) is 18.8. The van der Waals surface area contributed by atoms with Crippen LogP contribution in [-0.2, 0) is 13.6 Å². The Labute approximate surface area is 136 Å². The Kier molecular flexibility index (Phi) is 4.50. The number of carbonyl (C=O) groups excluding carboxylic acids is 1. The van der Waals surface area contributed by atoms with Crippen LogP contribution in [0.2, 0.25) is 0 Å². The Morgan fingerprint density at radius 2 is 2.04 bits per heavy atom. The lowest BCUT2D eigenvalue weighted by Crippen LogP contribution is -2.30. The van der Waals surface area contributed by atoms with Crippen LogP contribution in [-0.4, -0.2) is 28.7 Å². The van der Waals surface area contributed by atoms with Crippen molar-refractivity contribution in [2.75, 3.05) is 23.3 Å². The summed E-state index contributed by atoms with van der Waals surface area (Å²) in [6, 6.07) is 7.59. The number of anilines is 2. The van der Waals surface area contributed by atoms with E-state index in [4.69, 9.17) is 0 Å². The molecule has 0 atom stereocenters. The number of hydrogen-bond donors (Lipinski definition) is 2. The molecular weight excluding hydrogens is 290 g/mol. The van der Waals surface area contributed by atoms with Crippen LogP contribution in [0.5, 0.6) is 0 Å². The zero-order valence-corrected chi connectivity index (χ0v) is 13.7. The zero-order valence-electron chi connectivity index (χ0n) is 13.7. The summed E-state index contributed by atoms with van der Waals surface area (Å²) in [5.41, 5.74) is 3.00. The highest BCUT2D eigenvalue weighted by Gasteiger charge is 2.17. The number of rotatable bonds is 4. The van der Waals surface area contributed by atoms with Crippen LogP contribution in [0.3, 0.4) is 0 Å². The van der Waals surface area contributed by atoms with Crippen LogP contribution < -0.4 is 15.5 Å². The van der Waals surface area contributed by atoms with E-state index in [0.717, 1.165) is 30.3 Å². The molecule has 23 heavy (non-hydrogen) atoms. The average Bonchev–Trinajstić information content (AvgIpc) is 3.18. The van der Waals surface area contributed by atoms with Crippen LogP contribution in [0.15, 0.2) is 30.5 Å². The van der Waals surface area contributed by atoms with E-state index in [1.54, 1.807) is 6.20 Å². The van der Waals surface area contributed by atoms with Crippen LogP contribution >= 0.6 is 0 Å². The molecule has 1 saturated heterocycles. The van der Waals surface area contributed by atoms with E-state index in [9.17, 15) is 4.79 Å². The highest BCUT2D eigenvalue weighted by molar-refractivity contribution is 5.92. The molecule has 0 aromatic carbocycles. The summed E-state index contributed by atoms with van der Waals surface area (Å²) in [5.74, 6) is 0.856. The SMILES string of the molecule is Cc1ccc(CNC(=O)Nc2cccnc2N2CCCC2)n1C. The summed E-state index contributed by atoms with van der Waals surface area (Å²) in [7, 11) is 2.00. The van der Waals surface area contributed by atoms with E-state index in [1.165, 1.54) is 18.5 Å². The molecule has 0 saturated carbocycles. The number of nitrogens with zero attached hydrogens (tertiary/aromatic N) is 3. The van der Waals surface area contributed by atoms with Crippen molar-refractivity contribution in [1.82, 2.24) is 14.9 Å². The summed E-state index contributed by atoms with van der Waals surface area (Å²) in [6.07, 6.45) is 4.12. The van der Waals surface area contributed by atoms with Crippen LogP contribution in [0, 0.1) is 6.92 Å². The van der Waals surface area contributed by atoms with Gasteiger partial charge in [0.05, 0.1) is 12.2 Å². The van der Waals surface area contributed by atoms with Gasteiger partial charge in [0.15, 0.2) is 5.82 Å². The molecule has 0 radical (unpaired) electrons. The van der Waals surface area contributed by atoms with E-state index in [-0.39, 0.29) is 6.03 Å². The Hall–Kier alpha value is -2.50. The van der Waals surface area contributed by atoms with Gasteiger partial charge in [0.25, 0.3) is 0 Å². The minimum atomic E-state index is -0.211. The first-order valence-electron chi connectivity index (χ1n) is 8.01. The zero-order chi connectivity index (χ0) is 16.2. The van der Waals surface area contributed by atoms with Crippen LogP contribution in [0.25, 0.3) is 0 Å². The van der Waals surface area contributed by atoms with Crippen molar-refractivity contribution in [2.24, 2.45) is 7.05 Å². The second-order valence-electron chi connectivity index (χ2n) is 5.90. The van der Waals surface area contributed by atoms with E-state index in [1.807, 2.05) is 38.2 Å². The number of pyridine rings is 1. The molecule has 2 aromatic rings. The molecule has 0 aliphatic carbocycles. The van der Waals surface area contributed by atoms with Crippen molar-refractivity contribution in [2.45, 2.75) is 26.3 Å². The standard InChI is InChI=1S/C17H23N5O/c1-13-7-8-14(21(13)2)12-19-17(23)20-15-6-5-9-18-16(15)22-10-3-4-11-22/h5-9H,3-4,10-12H2,1-2H3,(H2,19,20,23). The third-order valence-corrected chi connectivity index (χ3v) is 4.35. The van der Waals surface area contributed by atoms with Gasteiger partial charge in [-0.05, 0) is 44.0 Å². The predicted octanol–water partition coefficient (Wildman–Crippen LogP) is 2.65. The molecular formula is C17H23N5O. The fourth-order valence-electron chi connectivity index (χ4n) is 2.86. The largest absolute Gasteiger partial charge is 0.355 e. The first kappa shape index (κ1) is 15.4. The predicted molar refractivity (Wildman–Crippen MR) is 91.7 cm³/mol. The van der Waals surface area contributed by atoms with Gasteiger partial charge in [0.2, 0.25) is 0 Å². The van der Waals surface area contributed by atoms with Crippen molar-refractivity contribution in [3.05, 3.63) is 41.9 Å². The van der Waals surface area contributed by atoms with Gasteiger partial charge in [-0.3, -0.25) is 0 Å². The molecule has 2 amide bonds. The van der Waals surface area contributed by atoms with Crippen molar-refractivity contribution < 1.29 is 4.79 Å². The van der Waals surface area contributed by atoms with Gasteiger partial charge in [-0.25, -0.2) is 9.78 Å². The molecule has 0 spiro atoms. The molecule has 3 rings (SSSR count). The fraction of sp³-hybridized carbons (Fsp3) is 0.412. The van der Waals surface area contributed by atoms with Crippen molar-refractivity contribution in [1.29, 1.82) is 0 Å². The van der Waals surface area contributed by atoms with Crippen molar-refractivity contribution >= 4 is 17.5 Å². The van der Waals surface area contributed by atoms with E-state index >= 15 is 0 Å². The van der Waals surface area contributed by atoms with Crippen LogP contribution in [0.1, 0.15) is 24.2 Å². The first-order valence-corrected chi connectivity index (χ1v) is 8.01. The number of aromatic nitrogens is 2. The second kappa shape index (κ2) is 6.73. The maximum atomic E-state index is 12.2. The molecule has 6 nitrogen and oxygen atoms in total. The number of carbonyl (C=O) groups is 1. The summed E-state index contributed by atoms with van der Waals surface area (Å²) >= 11 is 0. The van der Waals surface area contributed by atoms with Gasteiger partial charge in [-0.2, -0.15) is 0 Å². The van der Waals surface area contributed by atoms with Crippen molar-refractivity contribution in [3.63, 3.8) is 0 Å². The van der Waals surface area contributed by atoms with E-state index < -0.39 is 0 Å². The minimum Gasteiger partial charge on any atom is -0.355 e. The van der Waals surface area contributed by atoms with Gasteiger partial charge in [0.1, 0.15) is 0 Å². The van der Waals surface area contributed by atoms with Gasteiger partial charge >= 0.3 is 6.03 Å². The Morgan fingerprint density at radius 3 is 2.74 bits per heavy atom. The van der Waals surface area contributed by atoms with Gasteiger partial charge in [-0.15, -0.1) is 0 Å². The number of hydrogen-bond acceptors (Lipinski definition) is 3. The number of urea groups is 1. The maximum Gasteiger partial charge on any atom is 0.319 e. The Bertz CT molecular complexity index is 688. The van der Waals surface area contributed by atoms with Crippen LogP contribution in [0.4, 0.5) is 16.3 Å². The molecule has 2 aromatic heterocycles. The third kappa shape index (κ3) is 3.47. The molecule has 1 fully saturated rings. The lowest BCUT2D eigenvalue weighted by Gasteiger charge is -2.20. The summed E-state index contributed by atoms with van der Waals surface area (Å²) in [5, 5.41) is 5.82. The fourth-order valence-corrected chi connectivity index (χ4v) is 2.86. The van der Waals surface area contributed by atoms with E-state index in [2.05, 4.69) is 25.1 Å². The quantitative estimate of drug-likeness (QED) is 0.912. The van der Waals surface area contributed by atoms with Gasteiger partial charge in [-0.1, -0.05) is 0 Å². The number of amides is 2. The normalized spacial score (nSPS) is 14.1. The monoisotopic (exact) mass is 313 g/mol. The topological polar surface area (TPSA) is 62.2 Å². The highest BCUT2D eigenvalue weighted by atomic mass is 16.2. The van der Waals surface area contributed by atoms with Gasteiger partial charge < -0.3 is 20.1 Å². The minimum absolute atomic E-state index is 0.211. The molecule has 122 valence electrons. The lowest BCUT2D eigenvalue weighted by molar-refractivity contribution is 0.251. The number of aryl methyl sites for hydroxylation is 1. The van der Waals surface area contributed by atoms with E-state index in [0.29, 0.717) is 6.54 Å². The first-order chi connectivity index (χ1) is 11.1. The molecule has 0 bridgehead atoms. The summed E-state index contributed by atoms with van der Waals surface area (Å²) < 4.78 is 2.07. The highest BCUT2D eigenvalue weighted by Crippen LogP contribution is 2.25. The summed E-state index contributed by atoms with van der Waals surface area (Å²) in [6.45, 7) is 4.53. The molecule has 3 heterocycles. The average molecular weight is 313 g/mol. The molecule has 0 unspecified atom stereocenters. The molecule has 1 aliphatic rings. The molecule has 2 N–H and O–H groups in total. The molecule has 6 heteroatoms. The second-order valence-corrected chi connectivity index (χ2v) is 5.90. The smallest absolute Gasteiger partial charge is 0.319 e.